The minimum atomic E-state index is -3.53. The lowest BCUT2D eigenvalue weighted by Gasteiger charge is -2.30. The lowest BCUT2D eigenvalue weighted by atomic mass is 10.1. The molecule has 0 N–H and O–H groups in total. The predicted molar refractivity (Wildman–Crippen MR) is 288 cm³/mol. The Bertz CT molecular complexity index is 3900. The summed E-state index contributed by atoms with van der Waals surface area (Å²) in [5, 5.41) is 5.27. The normalized spacial score (nSPS) is 12.6. The van der Waals surface area contributed by atoms with Gasteiger partial charge in [0.1, 0.15) is 5.45 Å². The molecule has 14 rings (SSSR count). The number of hydrogen-bond acceptors (Lipinski definition) is 9. The second kappa shape index (κ2) is 16.8. The van der Waals surface area contributed by atoms with Crippen LogP contribution in [-0.2, 0) is 0 Å². The first-order valence-corrected chi connectivity index (χ1v) is 25.8. The van der Waals surface area contributed by atoms with Crippen molar-refractivity contribution < 1.29 is 0 Å². The Kier molecular flexibility index (Phi) is 9.61. The van der Waals surface area contributed by atoms with Gasteiger partial charge in [-0.05, 0) is 58.0 Å². The van der Waals surface area contributed by atoms with E-state index in [4.69, 9.17) is 44.9 Å². The average molecular weight is 939 g/mol. The van der Waals surface area contributed by atoms with Crippen LogP contribution in [0.25, 0.3) is 107 Å². The largest absolute Gasteiger partial charge is 0.299 e. The molecule has 0 bridgehead atoms. The standard InChI is InChI=1S/C61H38N10Si/c1-5-19-39(20-6-1)55-65-56(40-21-7-2-8-22-40)68-59(67-55)47-37-45(35-43-27-17-33-62-53(43)47)72(52-32-16-15-31-51(52)71-50-30-14-13-29-49(50)64-61(71)72)46-36-44-28-18-34-63-54(44)48(38-46)60-69-57(41-23-9-3-10-24-41)66-58(70-60)42-25-11-4-12-26-42/h1-38H. The van der Waals surface area contributed by atoms with Crippen molar-refractivity contribution in [2.75, 3.05) is 0 Å². The van der Waals surface area contributed by atoms with Crippen molar-refractivity contribution >= 4 is 61.9 Å². The quantitative estimate of drug-likeness (QED) is 0.137. The molecule has 0 radical (unpaired) electrons. The van der Waals surface area contributed by atoms with Gasteiger partial charge >= 0.3 is 0 Å². The van der Waals surface area contributed by atoms with Crippen LogP contribution in [0.2, 0.25) is 0 Å². The number of para-hydroxylation sites is 3. The Labute approximate surface area is 414 Å². The van der Waals surface area contributed by atoms with E-state index in [2.05, 4.69) is 89.5 Å². The van der Waals surface area contributed by atoms with Gasteiger partial charge in [-0.1, -0.05) is 176 Å². The van der Waals surface area contributed by atoms with E-state index in [1.54, 1.807) is 0 Å². The third-order valence-electron chi connectivity index (χ3n) is 13.6. The van der Waals surface area contributed by atoms with Crippen molar-refractivity contribution in [1.82, 2.24) is 49.4 Å². The monoisotopic (exact) mass is 938 g/mol. The minimum absolute atomic E-state index is 0.521. The SMILES string of the molecule is c1ccc(-c2nc(-c3ccccc3)nc(-c3cc([Si]4(c5cc(-c6nc(-c7ccccc7)nc(-c7ccccc7)n6)c6ncccc6c5)c5ccccc5-n5c4nc4ccccc45)cc4cccnc34)n2)cc1. The van der Waals surface area contributed by atoms with Crippen LogP contribution in [0.3, 0.4) is 0 Å². The molecule has 1 aliphatic rings. The van der Waals surface area contributed by atoms with E-state index in [1.165, 1.54) is 5.19 Å². The van der Waals surface area contributed by atoms with E-state index >= 15 is 0 Å². The summed E-state index contributed by atoms with van der Waals surface area (Å²) in [4.78, 5) is 47.2. The van der Waals surface area contributed by atoms with Gasteiger partial charge in [-0.25, -0.2) is 34.9 Å². The van der Waals surface area contributed by atoms with Gasteiger partial charge in [0.05, 0.1) is 22.1 Å². The van der Waals surface area contributed by atoms with Crippen molar-refractivity contribution in [2.45, 2.75) is 0 Å². The number of hydrogen-bond donors (Lipinski definition) is 0. The van der Waals surface area contributed by atoms with Crippen molar-refractivity contribution in [1.29, 1.82) is 0 Å². The molecule has 6 heterocycles. The number of aromatic nitrogens is 10. The van der Waals surface area contributed by atoms with Crippen LogP contribution >= 0.6 is 0 Å². The summed E-state index contributed by atoms with van der Waals surface area (Å²) in [6.07, 6.45) is 3.68. The fourth-order valence-electron chi connectivity index (χ4n) is 10.4. The van der Waals surface area contributed by atoms with Crippen molar-refractivity contribution in [3.05, 3.63) is 231 Å². The molecule has 0 unspecified atom stereocenters. The Hall–Kier alpha value is -9.71. The topological polar surface area (TPSA) is 121 Å². The summed E-state index contributed by atoms with van der Waals surface area (Å²) in [5.41, 5.74) is 10.7. The number of rotatable bonds is 8. The smallest absolute Gasteiger partial charge is 0.226 e. The van der Waals surface area contributed by atoms with Crippen LogP contribution in [0.5, 0.6) is 0 Å². The van der Waals surface area contributed by atoms with Gasteiger partial charge in [0.15, 0.2) is 34.9 Å². The van der Waals surface area contributed by atoms with Crippen molar-refractivity contribution in [3.8, 4) is 74.0 Å². The Balaban J connectivity index is 1.10. The second-order valence-corrected chi connectivity index (χ2v) is 21.4. The first kappa shape index (κ1) is 41.3. The molecule has 0 amide bonds. The first-order valence-electron chi connectivity index (χ1n) is 23.8. The van der Waals surface area contributed by atoms with E-state index in [1.807, 2.05) is 146 Å². The maximum atomic E-state index is 5.71. The van der Waals surface area contributed by atoms with Gasteiger partial charge in [0, 0.05) is 62.2 Å². The molecule has 1 aliphatic heterocycles. The molecule has 13 aromatic rings. The van der Waals surface area contributed by atoms with Crippen LogP contribution in [-0.4, -0.2) is 57.5 Å². The molecule has 5 aromatic heterocycles. The summed E-state index contributed by atoms with van der Waals surface area (Å²) in [5.74, 6) is 3.33. The maximum absolute atomic E-state index is 5.71. The molecular formula is C61H38N10Si. The zero-order valence-electron chi connectivity index (χ0n) is 38.4. The molecular weight excluding hydrogens is 901 g/mol. The highest BCUT2D eigenvalue weighted by Crippen LogP contribution is 2.34. The first-order chi connectivity index (χ1) is 35.7. The molecule has 11 heteroatoms. The lowest BCUT2D eigenvalue weighted by molar-refractivity contribution is 1.07. The van der Waals surface area contributed by atoms with Gasteiger partial charge in [-0.15, -0.1) is 0 Å². The Morgan fingerprint density at radius 2 is 0.736 bits per heavy atom. The van der Waals surface area contributed by atoms with Gasteiger partial charge in [0.25, 0.3) is 0 Å². The van der Waals surface area contributed by atoms with Gasteiger partial charge < -0.3 is 0 Å². The number of pyridine rings is 2. The summed E-state index contributed by atoms with van der Waals surface area (Å²) in [7, 11) is -3.53. The molecule has 0 spiro atoms. The molecule has 336 valence electrons. The zero-order valence-corrected chi connectivity index (χ0v) is 39.4. The molecule has 0 aliphatic carbocycles. The van der Waals surface area contributed by atoms with E-state index in [0.29, 0.717) is 34.9 Å². The molecule has 8 aromatic carbocycles. The summed E-state index contributed by atoms with van der Waals surface area (Å²) in [6.45, 7) is 0. The van der Waals surface area contributed by atoms with Gasteiger partial charge in [-0.3, -0.25) is 14.5 Å². The average Bonchev–Trinajstić information content (AvgIpc) is 3.99. The number of imidazole rings is 1. The fraction of sp³-hybridized carbons (Fsp3) is 0. The number of fused-ring (bicyclic) bond motifs is 7. The summed E-state index contributed by atoms with van der Waals surface area (Å²) >= 11 is 0. The fourth-order valence-corrected chi connectivity index (χ4v) is 15.3. The molecule has 72 heavy (non-hydrogen) atoms. The van der Waals surface area contributed by atoms with Crippen LogP contribution in [0.4, 0.5) is 0 Å². The van der Waals surface area contributed by atoms with Crippen LogP contribution in [0, 0.1) is 0 Å². The third-order valence-corrected chi connectivity index (χ3v) is 18.1. The molecule has 0 saturated heterocycles. The number of benzene rings is 8. The molecule has 0 atom stereocenters. The minimum Gasteiger partial charge on any atom is -0.299 e. The van der Waals surface area contributed by atoms with Gasteiger partial charge in [0.2, 0.25) is 8.07 Å². The highest BCUT2D eigenvalue weighted by molar-refractivity contribution is 7.20. The molecule has 10 nitrogen and oxygen atoms in total. The zero-order chi connectivity index (χ0) is 47.6. The second-order valence-electron chi connectivity index (χ2n) is 17.8. The maximum Gasteiger partial charge on any atom is 0.226 e. The highest BCUT2D eigenvalue weighted by Gasteiger charge is 2.52. The highest BCUT2D eigenvalue weighted by atomic mass is 28.3. The predicted octanol–water partition coefficient (Wildman–Crippen LogP) is 10.2. The van der Waals surface area contributed by atoms with Crippen LogP contribution in [0.15, 0.2) is 231 Å². The Morgan fingerprint density at radius 3 is 1.21 bits per heavy atom. The van der Waals surface area contributed by atoms with Crippen LogP contribution in [0.1, 0.15) is 0 Å². The molecule has 0 fully saturated rings. The Morgan fingerprint density at radius 1 is 0.333 bits per heavy atom. The van der Waals surface area contributed by atoms with E-state index in [0.717, 1.165) is 87.7 Å². The third kappa shape index (κ3) is 6.67. The van der Waals surface area contributed by atoms with E-state index in [-0.39, 0.29) is 0 Å². The van der Waals surface area contributed by atoms with E-state index in [9.17, 15) is 0 Å². The molecule has 0 saturated carbocycles. The number of nitrogens with zero attached hydrogens (tertiary/aromatic N) is 10. The van der Waals surface area contributed by atoms with E-state index < -0.39 is 8.07 Å². The summed E-state index contributed by atoms with van der Waals surface area (Å²) in [6, 6.07) is 75.0. The van der Waals surface area contributed by atoms with Crippen molar-refractivity contribution in [2.24, 2.45) is 0 Å². The summed E-state index contributed by atoms with van der Waals surface area (Å²) < 4.78 is 2.38. The van der Waals surface area contributed by atoms with Crippen molar-refractivity contribution in [3.63, 3.8) is 0 Å². The van der Waals surface area contributed by atoms with Gasteiger partial charge in [-0.2, -0.15) is 0 Å². The van der Waals surface area contributed by atoms with Crippen LogP contribution < -0.4 is 21.0 Å². The lowest BCUT2D eigenvalue weighted by Crippen LogP contribution is -2.74.